The van der Waals surface area contributed by atoms with E-state index < -0.39 is 0 Å². The van der Waals surface area contributed by atoms with E-state index in [0.29, 0.717) is 17.6 Å². The molecule has 0 N–H and O–H groups in total. The number of benzene rings is 9. The Labute approximate surface area is 366 Å². The van der Waals surface area contributed by atoms with Gasteiger partial charge in [0.05, 0.1) is 27.8 Å². The standard InChI is InChI=1S/C57H35N5S/c1-3-16-36(17-4-1)38-20-15-21-39(34-38)41-22-7-11-26-48(41)61-49-27-12-8-23-42(49)46-32-33-47-43-24-9-13-28-50(43)62(54(47)53(46)61)57-59-55(37-18-5-2-6-19-37)58-56(60-57)40-30-31-45-44-25-10-14-29-51(44)63-52(45)35-40/h1-35H. The highest BCUT2D eigenvalue weighted by Gasteiger charge is 2.24. The van der Waals surface area contributed by atoms with Crippen LogP contribution in [-0.2, 0) is 0 Å². The van der Waals surface area contributed by atoms with Gasteiger partial charge in [-0.2, -0.15) is 9.97 Å². The number of fused-ring (bicyclic) bond motifs is 10. The van der Waals surface area contributed by atoms with Crippen molar-refractivity contribution >= 4 is 75.1 Å². The lowest BCUT2D eigenvalue weighted by Crippen LogP contribution is -2.07. The van der Waals surface area contributed by atoms with Gasteiger partial charge < -0.3 is 4.57 Å². The monoisotopic (exact) mass is 821 g/mol. The quantitative estimate of drug-likeness (QED) is 0.168. The maximum Gasteiger partial charge on any atom is 0.238 e. The van der Waals surface area contributed by atoms with Crippen LogP contribution in [0, 0.1) is 0 Å². The third-order valence-electron chi connectivity index (χ3n) is 12.4. The highest BCUT2D eigenvalue weighted by Crippen LogP contribution is 2.44. The molecule has 0 radical (unpaired) electrons. The van der Waals surface area contributed by atoms with E-state index in [-0.39, 0.29) is 0 Å². The molecule has 0 fully saturated rings. The predicted molar refractivity (Wildman–Crippen MR) is 263 cm³/mol. The second-order valence-corrected chi connectivity index (χ2v) is 17.1. The van der Waals surface area contributed by atoms with E-state index in [1.807, 2.05) is 18.2 Å². The van der Waals surface area contributed by atoms with Crippen LogP contribution in [0.3, 0.4) is 0 Å². The normalized spacial score (nSPS) is 11.8. The number of rotatable bonds is 6. The molecule has 9 aromatic carbocycles. The Morgan fingerprint density at radius 1 is 0.317 bits per heavy atom. The Morgan fingerprint density at radius 2 is 0.857 bits per heavy atom. The van der Waals surface area contributed by atoms with Gasteiger partial charge in [0.25, 0.3) is 0 Å². The molecule has 0 aliphatic rings. The lowest BCUT2D eigenvalue weighted by molar-refractivity contribution is 0.953. The molecule has 0 unspecified atom stereocenters. The fraction of sp³-hybridized carbons (Fsp3) is 0. The first kappa shape index (κ1) is 35.6. The van der Waals surface area contributed by atoms with Crippen LogP contribution in [-0.4, -0.2) is 24.1 Å². The van der Waals surface area contributed by atoms with Gasteiger partial charge in [-0.05, 0) is 53.1 Å². The Balaban J connectivity index is 1.12. The van der Waals surface area contributed by atoms with Crippen molar-refractivity contribution < 1.29 is 0 Å². The van der Waals surface area contributed by atoms with E-state index in [1.54, 1.807) is 11.3 Å². The molecular weight excluding hydrogens is 787 g/mol. The molecule has 0 atom stereocenters. The van der Waals surface area contributed by atoms with Crippen molar-refractivity contribution in [3.63, 3.8) is 0 Å². The summed E-state index contributed by atoms with van der Waals surface area (Å²) in [6.45, 7) is 0. The van der Waals surface area contributed by atoms with Gasteiger partial charge in [-0.15, -0.1) is 11.3 Å². The summed E-state index contributed by atoms with van der Waals surface area (Å²) in [6.07, 6.45) is 0. The summed E-state index contributed by atoms with van der Waals surface area (Å²) >= 11 is 1.80. The summed E-state index contributed by atoms with van der Waals surface area (Å²) in [5.74, 6) is 1.81. The Morgan fingerprint density at radius 3 is 1.62 bits per heavy atom. The maximum absolute atomic E-state index is 5.44. The molecule has 0 spiro atoms. The molecule has 63 heavy (non-hydrogen) atoms. The third-order valence-corrected chi connectivity index (χ3v) is 13.5. The molecule has 0 saturated carbocycles. The van der Waals surface area contributed by atoms with Gasteiger partial charge in [-0.3, -0.25) is 4.57 Å². The molecule has 0 saturated heterocycles. The predicted octanol–water partition coefficient (Wildman–Crippen LogP) is 15.1. The molecule has 6 heteroatoms. The molecule has 0 aliphatic carbocycles. The van der Waals surface area contributed by atoms with Crippen molar-refractivity contribution in [2.45, 2.75) is 0 Å². The third kappa shape index (κ3) is 5.66. The maximum atomic E-state index is 5.44. The topological polar surface area (TPSA) is 48.5 Å². The molecule has 294 valence electrons. The molecule has 0 bridgehead atoms. The first-order valence-electron chi connectivity index (χ1n) is 21.2. The molecule has 13 rings (SSSR count). The Kier molecular flexibility index (Phi) is 8.01. The van der Waals surface area contributed by atoms with Crippen LogP contribution in [0.15, 0.2) is 212 Å². The van der Waals surface area contributed by atoms with Crippen molar-refractivity contribution in [1.29, 1.82) is 0 Å². The summed E-state index contributed by atoms with van der Waals surface area (Å²) in [4.78, 5) is 16.0. The summed E-state index contributed by atoms with van der Waals surface area (Å²) in [5.41, 5.74) is 11.9. The second-order valence-electron chi connectivity index (χ2n) is 16.0. The highest BCUT2D eigenvalue weighted by molar-refractivity contribution is 7.25. The van der Waals surface area contributed by atoms with Crippen molar-refractivity contribution in [3.05, 3.63) is 212 Å². The van der Waals surface area contributed by atoms with E-state index in [0.717, 1.165) is 66.2 Å². The van der Waals surface area contributed by atoms with Crippen LogP contribution in [0.4, 0.5) is 0 Å². The first-order valence-corrected chi connectivity index (χ1v) is 22.0. The number of nitrogens with zero attached hydrogens (tertiary/aromatic N) is 5. The van der Waals surface area contributed by atoms with Gasteiger partial charge in [0.15, 0.2) is 11.6 Å². The average Bonchev–Trinajstić information content (AvgIpc) is 4.02. The Bertz CT molecular complexity index is 3920. The molecule has 5 nitrogen and oxygen atoms in total. The van der Waals surface area contributed by atoms with Crippen LogP contribution in [0.5, 0.6) is 0 Å². The van der Waals surface area contributed by atoms with Gasteiger partial charge in [0, 0.05) is 58.4 Å². The van der Waals surface area contributed by atoms with Crippen LogP contribution in [0.2, 0.25) is 0 Å². The summed E-state index contributed by atoms with van der Waals surface area (Å²) in [5, 5.41) is 7.09. The first-order chi connectivity index (χ1) is 31.2. The number of aromatic nitrogens is 5. The van der Waals surface area contributed by atoms with Crippen LogP contribution < -0.4 is 0 Å². The number of hydrogen-bond acceptors (Lipinski definition) is 4. The number of para-hydroxylation sites is 3. The Hall–Kier alpha value is -8.19. The zero-order valence-corrected chi connectivity index (χ0v) is 34.7. The fourth-order valence-electron chi connectivity index (χ4n) is 9.54. The van der Waals surface area contributed by atoms with E-state index in [2.05, 4.69) is 203 Å². The SMILES string of the molecule is c1ccc(-c2cccc(-c3ccccc3-n3c4ccccc4c4ccc5c6ccccc6n(-c6nc(-c7ccccc7)nc(-c7ccc8c(c7)sc7ccccc78)n6)c5c43)c2)cc1. The zero-order chi connectivity index (χ0) is 41.4. The summed E-state index contributed by atoms with van der Waals surface area (Å²) in [7, 11) is 0. The van der Waals surface area contributed by atoms with Crippen molar-refractivity contribution in [1.82, 2.24) is 24.1 Å². The second kappa shape index (κ2) is 14.2. The molecular formula is C57H35N5S. The van der Waals surface area contributed by atoms with Crippen LogP contribution >= 0.6 is 11.3 Å². The lowest BCUT2D eigenvalue weighted by atomic mass is 9.98. The molecule has 0 aliphatic heterocycles. The van der Waals surface area contributed by atoms with Crippen LogP contribution in [0.1, 0.15) is 0 Å². The molecule has 4 aromatic heterocycles. The van der Waals surface area contributed by atoms with Crippen LogP contribution in [0.25, 0.3) is 120 Å². The number of thiophene rings is 1. The van der Waals surface area contributed by atoms with E-state index in [1.165, 1.54) is 36.7 Å². The average molecular weight is 822 g/mol. The summed E-state index contributed by atoms with van der Waals surface area (Å²) in [6, 6.07) is 75.7. The molecule has 4 heterocycles. The minimum atomic E-state index is 0.564. The summed E-state index contributed by atoms with van der Waals surface area (Å²) < 4.78 is 7.20. The van der Waals surface area contributed by atoms with E-state index in [9.17, 15) is 0 Å². The van der Waals surface area contributed by atoms with Crippen molar-refractivity contribution in [2.24, 2.45) is 0 Å². The van der Waals surface area contributed by atoms with Crippen molar-refractivity contribution in [3.8, 4) is 56.7 Å². The largest absolute Gasteiger partial charge is 0.307 e. The lowest BCUT2D eigenvalue weighted by Gasteiger charge is -2.16. The van der Waals surface area contributed by atoms with E-state index in [4.69, 9.17) is 15.0 Å². The zero-order valence-electron chi connectivity index (χ0n) is 33.9. The van der Waals surface area contributed by atoms with Gasteiger partial charge >= 0.3 is 0 Å². The van der Waals surface area contributed by atoms with Gasteiger partial charge in [0.2, 0.25) is 5.95 Å². The van der Waals surface area contributed by atoms with E-state index >= 15 is 0 Å². The molecule has 13 aromatic rings. The minimum absolute atomic E-state index is 0.564. The highest BCUT2D eigenvalue weighted by atomic mass is 32.1. The van der Waals surface area contributed by atoms with Gasteiger partial charge in [0.1, 0.15) is 0 Å². The van der Waals surface area contributed by atoms with Gasteiger partial charge in [-0.1, -0.05) is 176 Å². The fourth-order valence-corrected chi connectivity index (χ4v) is 10.7. The molecule has 0 amide bonds. The van der Waals surface area contributed by atoms with Crippen molar-refractivity contribution in [2.75, 3.05) is 0 Å². The minimum Gasteiger partial charge on any atom is -0.307 e. The number of hydrogen-bond donors (Lipinski definition) is 0. The smallest absolute Gasteiger partial charge is 0.238 e. The van der Waals surface area contributed by atoms with Gasteiger partial charge in [-0.25, -0.2) is 4.98 Å².